The van der Waals surface area contributed by atoms with Gasteiger partial charge < -0.3 is 20.5 Å². The maximum absolute atomic E-state index is 13.7. The Kier molecular flexibility index (Phi) is 7.56. The molecule has 2 amide bonds. The number of ether oxygens (including phenoxy) is 1. The summed E-state index contributed by atoms with van der Waals surface area (Å²) in [6.07, 6.45) is -0.333. The summed E-state index contributed by atoms with van der Waals surface area (Å²) in [5.41, 5.74) is -0.0450. The molecule has 3 N–H and O–H groups in total. The number of carbonyl (C=O) groups is 3. The second-order valence-corrected chi connectivity index (χ2v) is 9.94. The predicted octanol–water partition coefficient (Wildman–Crippen LogP) is 4.77. The minimum Gasteiger partial charge on any atom is -0.496 e. The lowest BCUT2D eigenvalue weighted by Crippen LogP contribution is -2.56. The first kappa shape index (κ1) is 25.6. The van der Waals surface area contributed by atoms with Gasteiger partial charge in [0.1, 0.15) is 17.5 Å². The predicted molar refractivity (Wildman–Crippen MR) is 141 cm³/mol. The Hall–Kier alpha value is -3.49. The zero-order chi connectivity index (χ0) is 25.9. The molecule has 1 aliphatic carbocycles. The number of aliphatic hydroxyl groups is 1. The minimum absolute atomic E-state index is 0.333. The van der Waals surface area contributed by atoms with Gasteiger partial charge >= 0.3 is 0 Å². The molecule has 0 heterocycles. The van der Waals surface area contributed by atoms with Crippen LogP contribution in [0.3, 0.4) is 0 Å². The van der Waals surface area contributed by atoms with Gasteiger partial charge in [-0.25, -0.2) is 0 Å². The van der Waals surface area contributed by atoms with E-state index in [9.17, 15) is 19.5 Å². The third-order valence-electron chi connectivity index (χ3n) is 6.48. The monoisotopic (exact) mass is 550 g/mol. The normalized spacial score (nSPS) is 23.6. The highest BCUT2D eigenvalue weighted by molar-refractivity contribution is 9.10. The van der Waals surface area contributed by atoms with Crippen LogP contribution in [0.15, 0.2) is 83.3 Å². The van der Waals surface area contributed by atoms with Crippen LogP contribution >= 0.6 is 15.9 Å². The SMILES string of the molecule is COc1ccc(C2C(C(=O)Nc3ccccc3)C(=O)CC(C)(O)C2C(=O)Nc2ccccc2)cc1Br. The van der Waals surface area contributed by atoms with Crippen molar-refractivity contribution in [1.82, 2.24) is 0 Å². The summed E-state index contributed by atoms with van der Waals surface area (Å²) in [5.74, 6) is -4.11. The van der Waals surface area contributed by atoms with Gasteiger partial charge in [0, 0.05) is 23.7 Å². The van der Waals surface area contributed by atoms with E-state index in [0.29, 0.717) is 27.2 Å². The fraction of sp³-hybridized carbons (Fsp3) is 0.250. The lowest BCUT2D eigenvalue weighted by Gasteiger charge is -2.44. The van der Waals surface area contributed by atoms with E-state index in [4.69, 9.17) is 4.74 Å². The molecular weight excluding hydrogens is 524 g/mol. The average molecular weight is 551 g/mol. The molecule has 36 heavy (non-hydrogen) atoms. The Balaban J connectivity index is 1.80. The highest BCUT2D eigenvalue weighted by Crippen LogP contribution is 2.47. The van der Waals surface area contributed by atoms with E-state index in [-0.39, 0.29) is 6.42 Å². The number of ketones is 1. The van der Waals surface area contributed by atoms with Crippen molar-refractivity contribution in [2.45, 2.75) is 24.9 Å². The van der Waals surface area contributed by atoms with Crippen LogP contribution in [-0.4, -0.2) is 35.4 Å². The third kappa shape index (κ3) is 5.34. The summed E-state index contributed by atoms with van der Waals surface area (Å²) in [4.78, 5) is 40.6. The molecule has 4 atom stereocenters. The number of methoxy groups -OCH3 is 1. The third-order valence-corrected chi connectivity index (χ3v) is 7.10. The number of carbonyl (C=O) groups excluding carboxylic acids is 3. The number of amides is 2. The second kappa shape index (κ2) is 10.6. The fourth-order valence-electron chi connectivity index (χ4n) is 4.86. The van der Waals surface area contributed by atoms with Crippen LogP contribution in [0.1, 0.15) is 24.8 Å². The maximum atomic E-state index is 13.7. The smallest absolute Gasteiger partial charge is 0.235 e. The Morgan fingerprint density at radius 3 is 2.03 bits per heavy atom. The lowest BCUT2D eigenvalue weighted by atomic mass is 9.61. The lowest BCUT2D eigenvalue weighted by molar-refractivity contribution is -0.150. The molecule has 0 bridgehead atoms. The van der Waals surface area contributed by atoms with Gasteiger partial charge in [-0.15, -0.1) is 0 Å². The summed E-state index contributed by atoms with van der Waals surface area (Å²) in [7, 11) is 1.53. The van der Waals surface area contributed by atoms with Crippen molar-refractivity contribution in [3.8, 4) is 5.75 Å². The quantitative estimate of drug-likeness (QED) is 0.383. The molecule has 4 rings (SSSR count). The van der Waals surface area contributed by atoms with Crippen molar-refractivity contribution in [2.75, 3.05) is 17.7 Å². The minimum atomic E-state index is -1.68. The van der Waals surface area contributed by atoms with Gasteiger partial charge in [0.15, 0.2) is 0 Å². The van der Waals surface area contributed by atoms with Crippen LogP contribution in [0, 0.1) is 11.8 Å². The van der Waals surface area contributed by atoms with Gasteiger partial charge in [0.2, 0.25) is 11.8 Å². The molecule has 1 fully saturated rings. The number of benzene rings is 3. The van der Waals surface area contributed by atoms with Gasteiger partial charge in [-0.05, 0) is 64.8 Å². The topological polar surface area (TPSA) is 105 Å². The van der Waals surface area contributed by atoms with Crippen molar-refractivity contribution in [2.24, 2.45) is 11.8 Å². The molecule has 0 spiro atoms. The summed E-state index contributed by atoms with van der Waals surface area (Å²) in [6.45, 7) is 1.47. The highest BCUT2D eigenvalue weighted by atomic mass is 79.9. The van der Waals surface area contributed by atoms with Crippen molar-refractivity contribution in [3.05, 3.63) is 88.9 Å². The summed E-state index contributed by atoms with van der Waals surface area (Å²) in [5, 5.41) is 17.1. The van der Waals surface area contributed by atoms with E-state index in [1.54, 1.807) is 66.7 Å². The summed E-state index contributed by atoms with van der Waals surface area (Å²) < 4.78 is 5.94. The molecule has 0 saturated heterocycles. The first-order valence-electron chi connectivity index (χ1n) is 11.5. The molecule has 0 aromatic heterocycles. The van der Waals surface area contributed by atoms with E-state index >= 15 is 0 Å². The number of hydrogen-bond donors (Lipinski definition) is 3. The molecule has 186 valence electrons. The van der Waals surface area contributed by atoms with Gasteiger partial charge in [-0.2, -0.15) is 0 Å². The molecule has 1 saturated carbocycles. The van der Waals surface area contributed by atoms with Crippen molar-refractivity contribution >= 4 is 44.9 Å². The van der Waals surface area contributed by atoms with Gasteiger partial charge in [0.25, 0.3) is 0 Å². The van der Waals surface area contributed by atoms with Crippen LogP contribution in [0.25, 0.3) is 0 Å². The van der Waals surface area contributed by atoms with Gasteiger partial charge in [-0.1, -0.05) is 42.5 Å². The number of rotatable bonds is 6. The molecule has 0 aliphatic heterocycles. The largest absolute Gasteiger partial charge is 0.496 e. The zero-order valence-electron chi connectivity index (χ0n) is 19.9. The first-order valence-corrected chi connectivity index (χ1v) is 12.3. The number of halogens is 1. The summed E-state index contributed by atoms with van der Waals surface area (Å²) >= 11 is 3.47. The molecule has 7 nitrogen and oxygen atoms in total. The molecule has 0 radical (unpaired) electrons. The van der Waals surface area contributed by atoms with Crippen molar-refractivity contribution in [1.29, 1.82) is 0 Å². The molecule has 8 heteroatoms. The van der Waals surface area contributed by atoms with Gasteiger partial charge in [0.05, 0.1) is 23.1 Å². The number of para-hydroxylation sites is 2. The summed E-state index contributed by atoms with van der Waals surface area (Å²) in [6, 6.07) is 22.8. The van der Waals surface area contributed by atoms with Crippen molar-refractivity contribution < 1.29 is 24.2 Å². The van der Waals surface area contributed by atoms with E-state index in [1.165, 1.54) is 14.0 Å². The van der Waals surface area contributed by atoms with Crippen LogP contribution in [0.5, 0.6) is 5.75 Å². The Labute approximate surface area is 218 Å². The molecule has 3 aromatic carbocycles. The number of Topliss-reactive ketones (excluding diaryl/α,β-unsaturated/α-hetero) is 1. The Morgan fingerprint density at radius 2 is 1.50 bits per heavy atom. The van der Waals surface area contributed by atoms with Crippen LogP contribution in [-0.2, 0) is 14.4 Å². The molecule has 1 aliphatic rings. The molecular formula is C28H27BrN2O5. The Bertz CT molecular complexity index is 1260. The average Bonchev–Trinajstić information content (AvgIpc) is 2.84. The second-order valence-electron chi connectivity index (χ2n) is 9.09. The number of anilines is 2. The highest BCUT2D eigenvalue weighted by Gasteiger charge is 2.56. The number of nitrogens with one attached hydrogen (secondary N) is 2. The molecule has 3 aromatic rings. The fourth-order valence-corrected chi connectivity index (χ4v) is 5.42. The van der Waals surface area contributed by atoms with E-state index < -0.39 is 41.0 Å². The Morgan fingerprint density at radius 1 is 0.944 bits per heavy atom. The van der Waals surface area contributed by atoms with E-state index in [0.717, 1.165) is 0 Å². The van der Waals surface area contributed by atoms with Gasteiger partial charge in [-0.3, -0.25) is 14.4 Å². The molecule has 4 unspecified atom stereocenters. The van der Waals surface area contributed by atoms with E-state index in [1.807, 2.05) is 12.1 Å². The zero-order valence-corrected chi connectivity index (χ0v) is 21.5. The van der Waals surface area contributed by atoms with Crippen LogP contribution < -0.4 is 15.4 Å². The number of hydrogen-bond acceptors (Lipinski definition) is 5. The standard InChI is InChI=1S/C28H27BrN2O5/c1-28(35)16-21(32)24(26(33)30-18-9-5-3-6-10-18)23(17-13-14-22(36-2)20(29)15-17)25(28)27(34)31-19-11-7-4-8-12-19/h3-15,23-25,35H,16H2,1-2H3,(H,30,33)(H,31,34). The van der Waals surface area contributed by atoms with Crippen molar-refractivity contribution in [3.63, 3.8) is 0 Å². The first-order chi connectivity index (χ1) is 17.2. The van der Waals surface area contributed by atoms with Crippen LogP contribution in [0.4, 0.5) is 11.4 Å². The maximum Gasteiger partial charge on any atom is 0.235 e. The van der Waals surface area contributed by atoms with E-state index in [2.05, 4.69) is 26.6 Å². The van der Waals surface area contributed by atoms with Crippen LogP contribution in [0.2, 0.25) is 0 Å².